The number of sulfonamides is 1. The molecule has 4 aromatic rings. The Kier molecular flexibility index (Phi) is 8.45. The summed E-state index contributed by atoms with van der Waals surface area (Å²) in [6.07, 6.45) is 2.39. The van der Waals surface area contributed by atoms with Gasteiger partial charge in [-0.3, -0.25) is 9.59 Å². The number of aromatic nitrogens is 2. The van der Waals surface area contributed by atoms with E-state index in [4.69, 9.17) is 4.84 Å². The van der Waals surface area contributed by atoms with Crippen LogP contribution in [-0.2, 0) is 24.4 Å². The van der Waals surface area contributed by atoms with Crippen molar-refractivity contribution in [3.8, 4) is 0 Å². The Morgan fingerprint density at radius 1 is 1.05 bits per heavy atom. The van der Waals surface area contributed by atoms with Gasteiger partial charge in [-0.1, -0.05) is 53.7 Å². The molecule has 5 rings (SSSR count). The number of carbonyl (C=O) groups excluding carboxylic acids is 1. The van der Waals surface area contributed by atoms with Crippen molar-refractivity contribution >= 4 is 55.4 Å². The van der Waals surface area contributed by atoms with Crippen LogP contribution in [0.3, 0.4) is 0 Å². The first-order valence-corrected chi connectivity index (χ1v) is 14.7. The third-order valence-electron chi connectivity index (χ3n) is 6.73. The molecule has 1 amide bonds. The van der Waals surface area contributed by atoms with Crippen molar-refractivity contribution in [2.75, 3.05) is 18.4 Å². The number of imidazole rings is 1. The lowest BCUT2D eigenvalue weighted by atomic mass is 10.1. The first-order chi connectivity index (χ1) is 19.8. The number of carboxylic acids is 1. The molecular formula is C28H30N6O6S. The summed E-state index contributed by atoms with van der Waals surface area (Å²) in [5, 5.41) is 20.4. The lowest BCUT2D eigenvalue weighted by Crippen LogP contribution is -2.49. The Labute approximate surface area is 236 Å². The number of rotatable bonds is 13. The number of benzene rings is 3. The van der Waals surface area contributed by atoms with Crippen LogP contribution in [0.2, 0.25) is 0 Å². The number of hydrogen-bond donors (Lipinski definition) is 5. The number of nitrogens with one attached hydrogen (secondary N) is 4. The molecular weight excluding hydrogens is 548 g/mol. The SMILES string of the molecule is O=C(NCC(NS(=O)(=O)c1cccc2ccccc12)C(=O)O)C1=NOC(CCCCNc2nc3ccccc3[nH]2)C1. The van der Waals surface area contributed by atoms with Crippen molar-refractivity contribution in [3.05, 3.63) is 66.7 Å². The number of carboxylic acid groups (broad SMARTS) is 1. The van der Waals surface area contributed by atoms with Gasteiger partial charge in [0, 0.05) is 24.9 Å². The van der Waals surface area contributed by atoms with Crippen LogP contribution in [0.4, 0.5) is 5.95 Å². The molecule has 2 unspecified atom stereocenters. The van der Waals surface area contributed by atoms with Gasteiger partial charge in [0.05, 0.1) is 15.9 Å². The van der Waals surface area contributed by atoms with E-state index in [1.165, 1.54) is 6.07 Å². The highest BCUT2D eigenvalue weighted by molar-refractivity contribution is 7.89. The average molecular weight is 579 g/mol. The van der Waals surface area contributed by atoms with Crippen LogP contribution < -0.4 is 15.4 Å². The number of aliphatic carboxylic acids is 1. The number of para-hydroxylation sites is 2. The number of aromatic amines is 1. The zero-order valence-electron chi connectivity index (χ0n) is 22.0. The molecule has 1 aliphatic rings. The van der Waals surface area contributed by atoms with Crippen molar-refractivity contribution in [2.45, 2.75) is 42.7 Å². The summed E-state index contributed by atoms with van der Waals surface area (Å²) in [4.78, 5) is 37.5. The molecule has 12 nitrogen and oxygen atoms in total. The third kappa shape index (κ3) is 6.81. The molecule has 0 aliphatic carbocycles. The Balaban J connectivity index is 1.06. The molecule has 0 saturated carbocycles. The number of nitrogens with zero attached hydrogens (tertiary/aromatic N) is 2. The zero-order chi connectivity index (χ0) is 28.8. The summed E-state index contributed by atoms with van der Waals surface area (Å²) in [6.45, 7) is 0.251. The molecule has 0 spiro atoms. The fraction of sp³-hybridized carbons (Fsp3) is 0.286. The van der Waals surface area contributed by atoms with E-state index in [0.717, 1.165) is 23.9 Å². The molecule has 214 valence electrons. The lowest BCUT2D eigenvalue weighted by molar-refractivity contribution is -0.138. The number of anilines is 1. The molecule has 2 heterocycles. The second-order valence-electron chi connectivity index (χ2n) is 9.69. The van der Waals surface area contributed by atoms with E-state index >= 15 is 0 Å². The molecule has 5 N–H and O–H groups in total. The Morgan fingerprint density at radius 2 is 1.83 bits per heavy atom. The van der Waals surface area contributed by atoms with Crippen molar-refractivity contribution in [3.63, 3.8) is 0 Å². The van der Waals surface area contributed by atoms with E-state index in [-0.39, 0.29) is 23.1 Å². The van der Waals surface area contributed by atoms with Crippen LogP contribution >= 0.6 is 0 Å². The van der Waals surface area contributed by atoms with Crippen LogP contribution in [0.25, 0.3) is 21.8 Å². The fourth-order valence-corrected chi connectivity index (χ4v) is 6.03. The molecule has 13 heteroatoms. The molecule has 0 bridgehead atoms. The monoisotopic (exact) mass is 578 g/mol. The van der Waals surface area contributed by atoms with Crippen molar-refractivity contribution < 1.29 is 28.0 Å². The topological polar surface area (TPSA) is 175 Å². The first-order valence-electron chi connectivity index (χ1n) is 13.2. The van der Waals surface area contributed by atoms with Crippen molar-refractivity contribution in [2.24, 2.45) is 5.16 Å². The number of fused-ring (bicyclic) bond motifs is 2. The normalized spacial score (nSPS) is 15.8. The van der Waals surface area contributed by atoms with E-state index < -0.39 is 34.5 Å². The third-order valence-corrected chi connectivity index (χ3v) is 8.26. The number of unbranched alkanes of at least 4 members (excludes halogenated alkanes) is 1. The summed E-state index contributed by atoms with van der Waals surface area (Å²) in [5.41, 5.74) is 2.00. The summed E-state index contributed by atoms with van der Waals surface area (Å²) in [6, 6.07) is 17.8. The predicted molar refractivity (Wildman–Crippen MR) is 154 cm³/mol. The largest absolute Gasteiger partial charge is 0.480 e. The van der Waals surface area contributed by atoms with Gasteiger partial charge in [-0.15, -0.1) is 0 Å². The first kappa shape index (κ1) is 28.1. The predicted octanol–water partition coefficient (Wildman–Crippen LogP) is 2.99. The molecule has 41 heavy (non-hydrogen) atoms. The summed E-state index contributed by atoms with van der Waals surface area (Å²) >= 11 is 0. The second kappa shape index (κ2) is 12.4. The molecule has 1 aliphatic heterocycles. The fourth-order valence-electron chi connectivity index (χ4n) is 4.61. The maximum atomic E-state index is 13.0. The highest BCUT2D eigenvalue weighted by Gasteiger charge is 2.30. The van der Waals surface area contributed by atoms with Gasteiger partial charge in [0.15, 0.2) is 0 Å². The van der Waals surface area contributed by atoms with Crippen LogP contribution in [0.15, 0.2) is 76.8 Å². The van der Waals surface area contributed by atoms with E-state index in [0.29, 0.717) is 29.7 Å². The van der Waals surface area contributed by atoms with E-state index in [1.54, 1.807) is 36.4 Å². The minimum Gasteiger partial charge on any atom is -0.480 e. The standard InChI is InChI=1S/C28H30N6O6S/c35-26(23-16-19(40-33-23)10-5-6-15-29-28-31-21-12-3-4-13-22(21)32-28)30-17-24(27(36)37)34-41(38,39)25-14-7-9-18-8-1-2-11-20(18)25/h1-4,7-9,11-14,19,24,34H,5-6,10,15-17H2,(H,30,35)(H,36,37)(H2,29,31,32). The Hall–Kier alpha value is -4.49. The summed E-state index contributed by atoms with van der Waals surface area (Å²) < 4.78 is 28.3. The highest BCUT2D eigenvalue weighted by Crippen LogP contribution is 2.23. The van der Waals surface area contributed by atoms with Gasteiger partial charge in [-0.05, 0) is 42.8 Å². The van der Waals surface area contributed by atoms with Crippen molar-refractivity contribution in [1.82, 2.24) is 20.0 Å². The van der Waals surface area contributed by atoms with Crippen molar-refractivity contribution in [1.29, 1.82) is 0 Å². The van der Waals surface area contributed by atoms with Gasteiger partial charge >= 0.3 is 5.97 Å². The van der Waals surface area contributed by atoms with E-state index in [9.17, 15) is 23.1 Å². The van der Waals surface area contributed by atoms with Crippen LogP contribution in [0.1, 0.15) is 25.7 Å². The van der Waals surface area contributed by atoms with Gasteiger partial charge in [0.1, 0.15) is 17.9 Å². The molecule has 2 atom stereocenters. The van der Waals surface area contributed by atoms with E-state index in [2.05, 4.69) is 30.5 Å². The lowest BCUT2D eigenvalue weighted by Gasteiger charge is -2.16. The van der Waals surface area contributed by atoms with Gasteiger partial charge in [0.25, 0.3) is 5.91 Å². The minimum absolute atomic E-state index is 0.0441. The minimum atomic E-state index is -4.19. The molecule has 0 radical (unpaired) electrons. The Bertz CT molecular complexity index is 1660. The maximum absolute atomic E-state index is 13.0. The molecule has 0 fully saturated rings. The average Bonchev–Trinajstić information content (AvgIpc) is 3.61. The quantitative estimate of drug-likeness (QED) is 0.150. The van der Waals surface area contributed by atoms with Gasteiger partial charge in [-0.25, -0.2) is 13.4 Å². The smallest absolute Gasteiger partial charge is 0.323 e. The van der Waals surface area contributed by atoms with Gasteiger partial charge < -0.3 is 25.6 Å². The van der Waals surface area contributed by atoms with Crippen LogP contribution in [0.5, 0.6) is 0 Å². The number of amides is 1. The molecule has 0 saturated heterocycles. The van der Waals surface area contributed by atoms with Gasteiger partial charge in [0.2, 0.25) is 16.0 Å². The molecule has 1 aromatic heterocycles. The number of oxime groups is 1. The highest BCUT2D eigenvalue weighted by atomic mass is 32.2. The van der Waals surface area contributed by atoms with Gasteiger partial charge in [-0.2, -0.15) is 4.72 Å². The van der Waals surface area contributed by atoms with Crippen LogP contribution in [-0.4, -0.2) is 66.3 Å². The second-order valence-corrected chi connectivity index (χ2v) is 11.4. The number of carbonyl (C=O) groups is 2. The van der Waals surface area contributed by atoms with E-state index in [1.807, 2.05) is 24.3 Å². The number of hydrogen-bond acceptors (Lipinski definition) is 8. The zero-order valence-corrected chi connectivity index (χ0v) is 22.9. The Morgan fingerprint density at radius 3 is 2.66 bits per heavy atom. The number of H-pyrrole nitrogens is 1. The summed E-state index contributed by atoms with van der Waals surface area (Å²) in [7, 11) is -4.19. The maximum Gasteiger partial charge on any atom is 0.323 e. The summed E-state index contributed by atoms with van der Waals surface area (Å²) in [5.74, 6) is -1.31. The van der Waals surface area contributed by atoms with Crippen LogP contribution in [0, 0.1) is 0 Å². The molecule has 3 aromatic carbocycles.